The predicted molar refractivity (Wildman–Crippen MR) is 139 cm³/mol. The number of hydrogen-bond donors (Lipinski definition) is 3. The zero-order valence-corrected chi connectivity index (χ0v) is 20.9. The number of nitrogens with zero attached hydrogens (tertiary/aromatic N) is 5. The van der Waals surface area contributed by atoms with Crippen molar-refractivity contribution in [2.75, 3.05) is 48.1 Å². The van der Waals surface area contributed by atoms with E-state index in [1.54, 1.807) is 24.3 Å². The van der Waals surface area contributed by atoms with E-state index in [0.717, 1.165) is 30.7 Å². The van der Waals surface area contributed by atoms with Crippen LogP contribution in [0.1, 0.15) is 5.56 Å². The molecule has 0 spiro atoms. The number of aromatic nitrogens is 4. The third kappa shape index (κ3) is 5.33. The minimum Gasteiger partial charge on any atom is -0.378 e. The van der Waals surface area contributed by atoms with E-state index in [0.29, 0.717) is 24.5 Å². The third-order valence-corrected chi connectivity index (χ3v) is 6.54. The van der Waals surface area contributed by atoms with Gasteiger partial charge in [0.05, 0.1) is 24.8 Å². The molecule has 2 aromatic carbocycles. The Morgan fingerprint density at radius 1 is 1.06 bits per heavy atom. The molecule has 13 heteroatoms. The van der Waals surface area contributed by atoms with E-state index in [1.165, 1.54) is 0 Å². The van der Waals surface area contributed by atoms with Gasteiger partial charge >= 0.3 is 0 Å². The molecule has 1 aliphatic rings. The van der Waals surface area contributed by atoms with Crippen LogP contribution in [0.25, 0.3) is 11.0 Å². The lowest BCUT2D eigenvalue weighted by atomic mass is 10.2. The van der Waals surface area contributed by atoms with Crippen molar-refractivity contribution in [1.82, 2.24) is 20.2 Å². The molecule has 11 nitrogen and oxygen atoms in total. The molecule has 0 amide bonds. The summed E-state index contributed by atoms with van der Waals surface area (Å²) in [5.41, 5.74) is 3.07. The number of nitrogens with one attached hydrogen (secondary N) is 3. The van der Waals surface area contributed by atoms with Gasteiger partial charge in [0.25, 0.3) is 0 Å². The fourth-order valence-corrected chi connectivity index (χ4v) is 4.59. The van der Waals surface area contributed by atoms with Crippen molar-refractivity contribution in [3.8, 4) is 6.07 Å². The van der Waals surface area contributed by atoms with Crippen molar-refractivity contribution in [2.24, 2.45) is 0 Å². The maximum absolute atomic E-state index is 12.3. The van der Waals surface area contributed by atoms with Crippen LogP contribution in [0.2, 0.25) is 0 Å². The molecule has 3 heterocycles. The Morgan fingerprint density at radius 2 is 1.81 bits per heavy atom. The number of benzene rings is 2. The topological polar surface area (TPSA) is 149 Å². The summed E-state index contributed by atoms with van der Waals surface area (Å²) in [4.78, 5) is 11.2. The Hall–Kier alpha value is -3.92. The summed E-state index contributed by atoms with van der Waals surface area (Å²) in [6.45, 7) is 3.10. The molecule has 0 aliphatic carbocycles. The van der Waals surface area contributed by atoms with E-state index in [9.17, 15) is 13.7 Å². The molecule has 1 fully saturated rings. The molecule has 1 aliphatic heterocycles. The van der Waals surface area contributed by atoms with Crippen molar-refractivity contribution in [3.63, 3.8) is 0 Å². The van der Waals surface area contributed by atoms with Crippen LogP contribution in [-0.4, -0.2) is 61.1 Å². The largest absolute Gasteiger partial charge is 0.378 e. The van der Waals surface area contributed by atoms with Crippen molar-refractivity contribution >= 4 is 62.1 Å². The molecular weight excluding hydrogens is 504 g/mol. The number of ether oxygens (including phenoxy) is 1. The van der Waals surface area contributed by atoms with Gasteiger partial charge in [0.2, 0.25) is 5.95 Å². The molecule has 0 radical (unpaired) electrons. The van der Waals surface area contributed by atoms with E-state index in [-0.39, 0.29) is 40.2 Å². The number of hydrogen-bond acceptors (Lipinski definition) is 10. The quantitative estimate of drug-likeness (QED) is 0.341. The van der Waals surface area contributed by atoms with E-state index >= 15 is 0 Å². The summed E-state index contributed by atoms with van der Waals surface area (Å²) in [6.07, 6.45) is 1.09. The van der Waals surface area contributed by atoms with Gasteiger partial charge in [-0.3, -0.25) is 5.10 Å². The van der Waals surface area contributed by atoms with Gasteiger partial charge in [0.1, 0.15) is 11.2 Å². The molecule has 0 atom stereocenters. The minimum atomic E-state index is -3.63. The lowest BCUT2D eigenvalue weighted by Gasteiger charge is -2.28. The summed E-state index contributed by atoms with van der Waals surface area (Å²) >= 11 is 0. The van der Waals surface area contributed by atoms with Crippen LogP contribution in [0, 0.1) is 11.3 Å². The number of H-pyrrole nitrogens is 1. The average Bonchev–Trinajstić information content (AvgIpc) is 3.30. The van der Waals surface area contributed by atoms with Gasteiger partial charge in [0, 0.05) is 36.4 Å². The van der Waals surface area contributed by atoms with Crippen LogP contribution >= 0.6 is 12.4 Å². The van der Waals surface area contributed by atoms with Crippen LogP contribution in [0.3, 0.4) is 0 Å². The molecule has 186 valence electrons. The Bertz CT molecular complexity index is 1530. The molecule has 0 unspecified atom stereocenters. The zero-order chi connectivity index (χ0) is 24.4. The van der Waals surface area contributed by atoms with Gasteiger partial charge < -0.3 is 20.3 Å². The van der Waals surface area contributed by atoms with Crippen LogP contribution in [0.4, 0.5) is 28.8 Å². The predicted octanol–water partition coefficient (Wildman–Crippen LogP) is 3.37. The normalized spacial score (nSPS) is 13.6. The lowest BCUT2D eigenvalue weighted by Crippen LogP contribution is -2.36. The first-order valence-corrected chi connectivity index (χ1v) is 12.7. The van der Waals surface area contributed by atoms with Gasteiger partial charge in [0.15, 0.2) is 20.5 Å². The Labute approximate surface area is 213 Å². The molecule has 4 aromatic rings. The van der Waals surface area contributed by atoms with Crippen LogP contribution < -0.4 is 15.5 Å². The molecule has 2 aromatic heterocycles. The molecule has 1 saturated heterocycles. The first-order chi connectivity index (χ1) is 16.9. The second-order valence-electron chi connectivity index (χ2n) is 8.01. The van der Waals surface area contributed by atoms with Crippen LogP contribution in [0.5, 0.6) is 0 Å². The Balaban J connectivity index is 0.00000304. The fraction of sp³-hybridized carbons (Fsp3) is 0.217. The van der Waals surface area contributed by atoms with E-state index in [2.05, 4.69) is 41.8 Å². The molecular formula is C23H23ClN8O3S. The van der Waals surface area contributed by atoms with E-state index in [4.69, 9.17) is 4.74 Å². The van der Waals surface area contributed by atoms with Crippen LogP contribution in [-0.2, 0) is 14.6 Å². The maximum atomic E-state index is 12.3. The van der Waals surface area contributed by atoms with Crippen molar-refractivity contribution in [2.45, 2.75) is 5.03 Å². The van der Waals surface area contributed by atoms with Gasteiger partial charge in [-0.25, -0.2) is 8.42 Å². The highest BCUT2D eigenvalue weighted by atomic mass is 35.5. The number of sulfone groups is 1. The number of fused-ring (bicyclic) bond motifs is 1. The fourth-order valence-electron chi connectivity index (χ4n) is 3.82. The molecule has 36 heavy (non-hydrogen) atoms. The van der Waals surface area contributed by atoms with Gasteiger partial charge in [-0.1, -0.05) is 6.07 Å². The average molecular weight is 527 g/mol. The lowest BCUT2D eigenvalue weighted by molar-refractivity contribution is 0.122. The summed E-state index contributed by atoms with van der Waals surface area (Å²) in [5, 5.41) is 22.3. The van der Waals surface area contributed by atoms with Crippen molar-refractivity contribution < 1.29 is 13.2 Å². The zero-order valence-electron chi connectivity index (χ0n) is 19.2. The smallest absolute Gasteiger partial charge is 0.231 e. The number of anilines is 5. The van der Waals surface area contributed by atoms with Crippen molar-refractivity contribution in [1.29, 1.82) is 5.26 Å². The second kappa shape index (κ2) is 10.4. The van der Waals surface area contributed by atoms with Gasteiger partial charge in [-0.2, -0.15) is 20.3 Å². The minimum absolute atomic E-state index is 0. The number of nitriles is 1. The van der Waals surface area contributed by atoms with Crippen molar-refractivity contribution in [3.05, 3.63) is 54.1 Å². The molecule has 5 rings (SSSR count). The highest BCUT2D eigenvalue weighted by molar-refractivity contribution is 7.90. The third-order valence-electron chi connectivity index (χ3n) is 5.51. The summed E-state index contributed by atoms with van der Waals surface area (Å²) in [5.74, 6) is 0.480. The highest BCUT2D eigenvalue weighted by Crippen LogP contribution is 2.30. The first-order valence-electron chi connectivity index (χ1n) is 10.8. The number of aromatic amines is 1. The molecule has 0 saturated carbocycles. The number of rotatable bonds is 6. The second-order valence-corrected chi connectivity index (χ2v) is 9.96. The summed E-state index contributed by atoms with van der Waals surface area (Å²) in [7, 11) is -3.63. The van der Waals surface area contributed by atoms with E-state index < -0.39 is 9.84 Å². The standard InChI is InChI=1S/C23H22N8O3S.ClH/c1-35(32,33)22-19-20(25-17-4-2-3-15(13-17)14-24)27-23(28-21(19)29-30-22)26-16-5-7-18(8-6-16)31-9-11-34-12-10-31;/h2-8,13H,9-12H2,1H3,(H3,25,26,27,28,29,30);1H. The number of halogens is 1. The van der Waals surface area contributed by atoms with E-state index in [1.807, 2.05) is 24.3 Å². The number of morpholine rings is 1. The first kappa shape index (κ1) is 25.2. The maximum Gasteiger partial charge on any atom is 0.231 e. The van der Waals surface area contributed by atoms with Gasteiger partial charge in [-0.05, 0) is 42.5 Å². The van der Waals surface area contributed by atoms with Crippen LogP contribution in [0.15, 0.2) is 53.6 Å². The monoisotopic (exact) mass is 526 g/mol. The highest BCUT2D eigenvalue weighted by Gasteiger charge is 2.22. The Morgan fingerprint density at radius 3 is 2.50 bits per heavy atom. The summed E-state index contributed by atoms with van der Waals surface area (Å²) in [6, 6.07) is 16.8. The SMILES string of the molecule is CS(=O)(=O)c1[nH]nc2nc(Nc3ccc(N4CCOCC4)cc3)nc(Nc3cccc(C#N)c3)c12.Cl. The molecule has 0 bridgehead atoms. The Kier molecular flexibility index (Phi) is 7.25. The summed E-state index contributed by atoms with van der Waals surface area (Å²) < 4.78 is 30.1. The molecule has 3 N–H and O–H groups in total. The van der Waals surface area contributed by atoms with Gasteiger partial charge in [-0.15, -0.1) is 12.4 Å².